The van der Waals surface area contributed by atoms with Gasteiger partial charge in [0.15, 0.2) is 0 Å². The number of hydrogen-bond donors (Lipinski definition) is 2. The lowest BCUT2D eigenvalue weighted by Crippen LogP contribution is -2.33. The highest BCUT2D eigenvalue weighted by Crippen LogP contribution is 2.24. The maximum absolute atomic E-state index is 11.9. The summed E-state index contributed by atoms with van der Waals surface area (Å²) in [5, 5.41) is 2.44. The van der Waals surface area contributed by atoms with E-state index in [1.54, 1.807) is 24.3 Å². The summed E-state index contributed by atoms with van der Waals surface area (Å²) in [6.07, 6.45) is 0.707. The highest BCUT2D eigenvalue weighted by atomic mass is 16.5. The Balaban J connectivity index is 1.74. The fraction of sp³-hybridized carbons (Fsp3) is 0.364. The number of hydrogen-bond acceptors (Lipinski definition) is 4. The molecule has 0 saturated heterocycles. The normalized spacial score (nSPS) is 11.0. The molecule has 0 spiro atoms. The first-order valence-electron chi connectivity index (χ1n) is 9.28. The molecule has 3 N–H and O–H groups in total. The number of ether oxygens (including phenoxy) is 2. The molecule has 2 aromatic rings. The second-order valence-corrected chi connectivity index (χ2v) is 7.50. The zero-order valence-electron chi connectivity index (χ0n) is 16.7. The Bertz CT molecular complexity index is 795. The van der Waals surface area contributed by atoms with Crippen LogP contribution in [0.3, 0.4) is 0 Å². The molecular weight excluding hydrogens is 356 g/mol. The Morgan fingerprint density at radius 1 is 0.964 bits per heavy atom. The molecule has 0 unspecified atom stereocenters. The molecule has 0 heterocycles. The topological polar surface area (TPSA) is 90.7 Å². The van der Waals surface area contributed by atoms with Gasteiger partial charge >= 0.3 is 0 Å². The first-order chi connectivity index (χ1) is 13.3. The van der Waals surface area contributed by atoms with Gasteiger partial charge in [-0.3, -0.25) is 9.59 Å². The van der Waals surface area contributed by atoms with Crippen molar-refractivity contribution in [3.63, 3.8) is 0 Å². The molecule has 0 saturated carbocycles. The zero-order valence-corrected chi connectivity index (χ0v) is 16.7. The minimum Gasteiger partial charge on any atom is -0.493 e. The molecular formula is C22H28N2O4. The molecule has 0 aromatic heterocycles. The SMILES string of the molecule is CC(C)(C)c1ccc(OCCCOc2cccc(C(=O)NCC(N)=O)c2)cc1. The number of nitrogens with one attached hydrogen (secondary N) is 1. The second-order valence-electron chi connectivity index (χ2n) is 7.50. The van der Waals surface area contributed by atoms with Crippen molar-refractivity contribution in [3.8, 4) is 11.5 Å². The Labute approximate surface area is 166 Å². The molecule has 0 atom stereocenters. The average Bonchev–Trinajstić information content (AvgIpc) is 2.65. The van der Waals surface area contributed by atoms with Gasteiger partial charge in [-0.2, -0.15) is 0 Å². The van der Waals surface area contributed by atoms with Crippen molar-refractivity contribution in [2.24, 2.45) is 5.73 Å². The Kier molecular flexibility index (Phi) is 7.44. The van der Waals surface area contributed by atoms with Crippen LogP contribution in [-0.2, 0) is 10.2 Å². The predicted octanol–water partition coefficient (Wildman–Crippen LogP) is 3.05. The highest BCUT2D eigenvalue weighted by molar-refractivity contribution is 5.96. The summed E-state index contributed by atoms with van der Waals surface area (Å²) in [4.78, 5) is 22.7. The summed E-state index contributed by atoms with van der Waals surface area (Å²) in [7, 11) is 0. The number of amides is 2. The maximum Gasteiger partial charge on any atom is 0.251 e. The third-order valence-electron chi connectivity index (χ3n) is 4.07. The molecule has 0 bridgehead atoms. The van der Waals surface area contributed by atoms with Gasteiger partial charge < -0.3 is 20.5 Å². The predicted molar refractivity (Wildman–Crippen MR) is 109 cm³/mol. The van der Waals surface area contributed by atoms with Gasteiger partial charge in [0, 0.05) is 12.0 Å². The van der Waals surface area contributed by atoms with Crippen LogP contribution < -0.4 is 20.5 Å². The lowest BCUT2D eigenvalue weighted by atomic mass is 9.87. The van der Waals surface area contributed by atoms with Crippen molar-refractivity contribution in [1.82, 2.24) is 5.32 Å². The molecule has 150 valence electrons. The van der Waals surface area contributed by atoms with Crippen molar-refractivity contribution in [1.29, 1.82) is 0 Å². The number of carbonyl (C=O) groups excluding carboxylic acids is 2. The van der Waals surface area contributed by atoms with Gasteiger partial charge in [0.1, 0.15) is 11.5 Å². The molecule has 2 aromatic carbocycles. The maximum atomic E-state index is 11.9. The first kappa shape index (κ1) is 21.3. The monoisotopic (exact) mass is 384 g/mol. The van der Waals surface area contributed by atoms with Crippen LogP contribution in [0, 0.1) is 0 Å². The Morgan fingerprint density at radius 3 is 2.21 bits per heavy atom. The lowest BCUT2D eigenvalue weighted by molar-refractivity contribution is -0.117. The first-order valence-corrected chi connectivity index (χ1v) is 9.28. The summed E-state index contributed by atoms with van der Waals surface area (Å²) < 4.78 is 11.4. The van der Waals surface area contributed by atoms with Gasteiger partial charge in [-0.1, -0.05) is 39.0 Å². The van der Waals surface area contributed by atoms with Crippen LogP contribution in [0.5, 0.6) is 11.5 Å². The van der Waals surface area contributed by atoms with Gasteiger partial charge in [0.05, 0.1) is 19.8 Å². The minimum absolute atomic E-state index is 0.123. The molecule has 2 amide bonds. The van der Waals surface area contributed by atoms with Gasteiger partial charge in [-0.25, -0.2) is 0 Å². The summed E-state index contributed by atoms with van der Waals surface area (Å²) in [6.45, 7) is 7.34. The van der Waals surface area contributed by atoms with E-state index >= 15 is 0 Å². The minimum atomic E-state index is -0.589. The van der Waals surface area contributed by atoms with Crippen molar-refractivity contribution < 1.29 is 19.1 Å². The van der Waals surface area contributed by atoms with Crippen molar-refractivity contribution >= 4 is 11.8 Å². The molecule has 0 radical (unpaired) electrons. The fourth-order valence-corrected chi connectivity index (χ4v) is 2.49. The lowest BCUT2D eigenvalue weighted by Gasteiger charge is -2.19. The van der Waals surface area contributed by atoms with E-state index in [1.807, 2.05) is 12.1 Å². The van der Waals surface area contributed by atoms with E-state index in [-0.39, 0.29) is 17.9 Å². The van der Waals surface area contributed by atoms with Gasteiger partial charge in [0.25, 0.3) is 5.91 Å². The summed E-state index contributed by atoms with van der Waals surface area (Å²) in [6, 6.07) is 14.9. The molecule has 0 fully saturated rings. The molecule has 0 aliphatic rings. The third kappa shape index (κ3) is 6.95. The van der Waals surface area contributed by atoms with Crippen LogP contribution in [0.4, 0.5) is 0 Å². The molecule has 2 rings (SSSR count). The molecule has 6 heteroatoms. The summed E-state index contributed by atoms with van der Waals surface area (Å²) >= 11 is 0. The largest absolute Gasteiger partial charge is 0.493 e. The van der Waals surface area contributed by atoms with Crippen LogP contribution in [0.2, 0.25) is 0 Å². The third-order valence-corrected chi connectivity index (χ3v) is 4.07. The smallest absolute Gasteiger partial charge is 0.251 e. The molecule has 0 aliphatic carbocycles. The average molecular weight is 384 g/mol. The van der Waals surface area contributed by atoms with Crippen LogP contribution in [-0.4, -0.2) is 31.6 Å². The van der Waals surface area contributed by atoms with Crippen LogP contribution in [0.25, 0.3) is 0 Å². The van der Waals surface area contributed by atoms with Crippen molar-refractivity contribution in [3.05, 3.63) is 59.7 Å². The van der Waals surface area contributed by atoms with Gasteiger partial charge in [-0.15, -0.1) is 0 Å². The van der Waals surface area contributed by atoms with Gasteiger partial charge in [-0.05, 0) is 41.3 Å². The van der Waals surface area contributed by atoms with E-state index in [0.717, 1.165) is 5.75 Å². The van der Waals surface area contributed by atoms with E-state index in [0.29, 0.717) is 30.9 Å². The molecule has 28 heavy (non-hydrogen) atoms. The van der Waals surface area contributed by atoms with E-state index in [2.05, 4.69) is 38.2 Å². The number of carbonyl (C=O) groups is 2. The second kappa shape index (κ2) is 9.78. The van der Waals surface area contributed by atoms with E-state index in [9.17, 15) is 9.59 Å². The van der Waals surface area contributed by atoms with Gasteiger partial charge in [0.2, 0.25) is 5.91 Å². The number of nitrogens with two attached hydrogens (primary N) is 1. The molecule has 0 aliphatic heterocycles. The van der Waals surface area contributed by atoms with Crippen LogP contribution in [0.1, 0.15) is 43.1 Å². The van der Waals surface area contributed by atoms with E-state index < -0.39 is 5.91 Å². The Morgan fingerprint density at radius 2 is 1.61 bits per heavy atom. The standard InChI is InChI=1S/C22H28N2O4/c1-22(2,3)17-8-10-18(11-9-17)27-12-5-13-28-19-7-4-6-16(14-19)21(26)24-15-20(23)25/h4,6-11,14H,5,12-13,15H2,1-3H3,(H2,23,25)(H,24,26). The zero-order chi connectivity index (χ0) is 20.6. The number of benzene rings is 2. The van der Waals surface area contributed by atoms with E-state index in [1.165, 1.54) is 5.56 Å². The summed E-state index contributed by atoms with van der Waals surface area (Å²) in [5.74, 6) is 0.461. The number of rotatable bonds is 9. The quantitative estimate of drug-likeness (QED) is 0.650. The van der Waals surface area contributed by atoms with Crippen LogP contribution in [0.15, 0.2) is 48.5 Å². The Hall–Kier alpha value is -3.02. The van der Waals surface area contributed by atoms with Crippen molar-refractivity contribution in [2.75, 3.05) is 19.8 Å². The van der Waals surface area contributed by atoms with Crippen molar-refractivity contribution in [2.45, 2.75) is 32.6 Å². The molecule has 6 nitrogen and oxygen atoms in total. The van der Waals surface area contributed by atoms with E-state index in [4.69, 9.17) is 15.2 Å². The number of primary amides is 1. The summed E-state index contributed by atoms with van der Waals surface area (Å²) in [5.41, 5.74) is 6.82. The highest BCUT2D eigenvalue weighted by Gasteiger charge is 2.13. The fourth-order valence-electron chi connectivity index (χ4n) is 2.49. The van der Waals surface area contributed by atoms with Crippen LogP contribution >= 0.6 is 0 Å².